The highest BCUT2D eigenvalue weighted by Crippen LogP contribution is 2.30. The second-order valence-electron chi connectivity index (χ2n) is 4.67. The van der Waals surface area contributed by atoms with E-state index in [1.54, 1.807) is 0 Å². The van der Waals surface area contributed by atoms with E-state index in [2.05, 4.69) is 15.5 Å². The number of methoxy groups -OCH3 is 1. The lowest BCUT2D eigenvalue weighted by molar-refractivity contribution is -0.149. The second-order valence-corrected chi connectivity index (χ2v) is 5.06. The quantitative estimate of drug-likeness (QED) is 0.530. The SMILES string of the molecule is CCNC(=S)N1CC2CCC(C(=O)OC)(C1)N2. The van der Waals surface area contributed by atoms with Gasteiger partial charge in [-0.3, -0.25) is 5.32 Å². The molecule has 2 bridgehead atoms. The van der Waals surface area contributed by atoms with Crippen LogP contribution in [-0.4, -0.2) is 54.3 Å². The number of carbonyl (C=O) groups is 1. The van der Waals surface area contributed by atoms with Gasteiger partial charge < -0.3 is 15.0 Å². The van der Waals surface area contributed by atoms with Crippen LogP contribution in [-0.2, 0) is 9.53 Å². The third-order valence-corrected chi connectivity index (χ3v) is 3.90. The Morgan fingerprint density at radius 2 is 2.47 bits per heavy atom. The molecule has 2 aliphatic heterocycles. The minimum atomic E-state index is -0.558. The van der Waals surface area contributed by atoms with E-state index in [0.29, 0.717) is 12.6 Å². The van der Waals surface area contributed by atoms with Gasteiger partial charge in [0.2, 0.25) is 0 Å². The van der Waals surface area contributed by atoms with Crippen LogP contribution in [0.1, 0.15) is 19.8 Å². The fourth-order valence-corrected chi connectivity index (χ4v) is 3.00. The van der Waals surface area contributed by atoms with Gasteiger partial charge in [0, 0.05) is 25.7 Å². The molecule has 5 nitrogen and oxygen atoms in total. The van der Waals surface area contributed by atoms with Crippen molar-refractivity contribution in [3.63, 3.8) is 0 Å². The lowest BCUT2D eigenvalue weighted by Crippen LogP contribution is -2.65. The Morgan fingerprint density at radius 3 is 3.12 bits per heavy atom. The zero-order valence-corrected chi connectivity index (χ0v) is 11.1. The number of fused-ring (bicyclic) bond motifs is 2. The Labute approximate surface area is 107 Å². The molecule has 0 saturated carbocycles. The number of nitrogens with one attached hydrogen (secondary N) is 2. The normalized spacial score (nSPS) is 31.2. The van der Waals surface area contributed by atoms with Crippen LogP contribution < -0.4 is 10.6 Å². The molecule has 2 rings (SSSR count). The van der Waals surface area contributed by atoms with E-state index < -0.39 is 5.54 Å². The lowest BCUT2D eigenvalue weighted by atomic mass is 9.97. The number of carbonyl (C=O) groups excluding carboxylic acids is 1. The van der Waals surface area contributed by atoms with Gasteiger partial charge in [0.05, 0.1) is 7.11 Å². The number of likely N-dealkylation sites (tertiary alicyclic amines) is 1. The van der Waals surface area contributed by atoms with Crippen LogP contribution >= 0.6 is 12.2 Å². The Kier molecular flexibility index (Phi) is 3.53. The summed E-state index contributed by atoms with van der Waals surface area (Å²) in [5.74, 6) is -0.177. The van der Waals surface area contributed by atoms with Gasteiger partial charge in [-0.05, 0) is 32.0 Å². The molecule has 2 N–H and O–H groups in total. The minimum Gasteiger partial charge on any atom is -0.468 e. The van der Waals surface area contributed by atoms with Gasteiger partial charge in [-0.25, -0.2) is 4.79 Å². The number of thiocarbonyl (C=S) groups is 1. The molecule has 0 aliphatic carbocycles. The highest BCUT2D eigenvalue weighted by Gasteiger charge is 2.51. The summed E-state index contributed by atoms with van der Waals surface area (Å²) in [6.07, 6.45) is 1.83. The Balaban J connectivity index is 2.11. The number of esters is 1. The fourth-order valence-electron chi connectivity index (χ4n) is 2.71. The molecule has 0 aromatic rings. The fraction of sp³-hybridized carbons (Fsp3) is 0.818. The summed E-state index contributed by atoms with van der Waals surface area (Å²) in [5.41, 5.74) is -0.558. The number of hydrogen-bond donors (Lipinski definition) is 2. The first-order valence-electron chi connectivity index (χ1n) is 6.00. The molecule has 2 aliphatic rings. The summed E-state index contributed by atoms with van der Waals surface area (Å²) in [6.45, 7) is 4.28. The van der Waals surface area contributed by atoms with Crippen molar-refractivity contribution in [2.75, 3.05) is 26.7 Å². The van der Waals surface area contributed by atoms with Gasteiger partial charge in [0.15, 0.2) is 5.11 Å². The summed E-state index contributed by atoms with van der Waals surface area (Å²) in [5, 5.41) is 7.24. The summed E-state index contributed by atoms with van der Waals surface area (Å²) in [6, 6.07) is 0.333. The summed E-state index contributed by atoms with van der Waals surface area (Å²) < 4.78 is 4.91. The van der Waals surface area contributed by atoms with Crippen LogP contribution in [0.4, 0.5) is 0 Å². The first-order chi connectivity index (χ1) is 8.11. The largest absolute Gasteiger partial charge is 0.468 e. The topological polar surface area (TPSA) is 53.6 Å². The zero-order valence-electron chi connectivity index (χ0n) is 10.3. The van der Waals surface area contributed by atoms with Gasteiger partial charge in [-0.1, -0.05) is 0 Å². The van der Waals surface area contributed by atoms with E-state index in [0.717, 1.165) is 31.0 Å². The van der Waals surface area contributed by atoms with Crippen LogP contribution in [0.15, 0.2) is 0 Å². The third kappa shape index (κ3) is 2.24. The highest BCUT2D eigenvalue weighted by molar-refractivity contribution is 7.80. The molecule has 6 heteroatoms. The molecule has 2 heterocycles. The van der Waals surface area contributed by atoms with Crippen molar-refractivity contribution >= 4 is 23.3 Å². The minimum absolute atomic E-state index is 0.177. The van der Waals surface area contributed by atoms with E-state index in [9.17, 15) is 4.79 Å². The molecular formula is C11H19N3O2S. The maximum Gasteiger partial charge on any atom is 0.327 e. The smallest absolute Gasteiger partial charge is 0.327 e. The first-order valence-corrected chi connectivity index (χ1v) is 6.41. The Hall–Kier alpha value is -0.880. The number of rotatable bonds is 2. The van der Waals surface area contributed by atoms with E-state index in [1.165, 1.54) is 7.11 Å². The van der Waals surface area contributed by atoms with Gasteiger partial charge >= 0.3 is 5.97 Å². The Morgan fingerprint density at radius 1 is 1.71 bits per heavy atom. The summed E-state index contributed by atoms with van der Waals surface area (Å²) >= 11 is 5.31. The van der Waals surface area contributed by atoms with Crippen molar-refractivity contribution in [1.82, 2.24) is 15.5 Å². The van der Waals surface area contributed by atoms with E-state index in [1.807, 2.05) is 6.92 Å². The molecule has 0 radical (unpaired) electrons. The summed E-state index contributed by atoms with van der Waals surface area (Å²) in [7, 11) is 1.44. The average Bonchev–Trinajstić information content (AvgIpc) is 2.65. The molecular weight excluding hydrogens is 238 g/mol. The van der Waals surface area contributed by atoms with Crippen LogP contribution in [0.5, 0.6) is 0 Å². The molecule has 2 saturated heterocycles. The van der Waals surface area contributed by atoms with Crippen molar-refractivity contribution in [3.8, 4) is 0 Å². The standard InChI is InChI=1S/C11H19N3O2S/c1-3-12-10(17)14-6-8-4-5-11(7-14,13-8)9(15)16-2/h8,13H,3-7H2,1-2H3,(H,12,17). The molecule has 2 atom stereocenters. The van der Waals surface area contributed by atoms with Crippen LogP contribution in [0.2, 0.25) is 0 Å². The molecule has 0 spiro atoms. The maximum atomic E-state index is 11.9. The number of nitrogens with zero attached hydrogens (tertiary/aromatic N) is 1. The van der Waals surface area contributed by atoms with E-state index in [4.69, 9.17) is 17.0 Å². The molecule has 0 aromatic heterocycles. The molecule has 17 heavy (non-hydrogen) atoms. The van der Waals surface area contributed by atoms with Crippen molar-refractivity contribution in [2.45, 2.75) is 31.3 Å². The monoisotopic (exact) mass is 257 g/mol. The molecule has 0 aromatic carbocycles. The third-order valence-electron chi connectivity index (χ3n) is 3.49. The molecule has 96 valence electrons. The molecule has 0 amide bonds. The van der Waals surface area contributed by atoms with Gasteiger partial charge in [-0.2, -0.15) is 0 Å². The van der Waals surface area contributed by atoms with E-state index in [-0.39, 0.29) is 5.97 Å². The van der Waals surface area contributed by atoms with E-state index >= 15 is 0 Å². The Bertz CT molecular complexity index is 337. The van der Waals surface area contributed by atoms with Gasteiger partial charge in [0.25, 0.3) is 0 Å². The number of ether oxygens (including phenoxy) is 1. The van der Waals surface area contributed by atoms with Crippen molar-refractivity contribution in [1.29, 1.82) is 0 Å². The summed E-state index contributed by atoms with van der Waals surface area (Å²) in [4.78, 5) is 14.0. The molecule has 2 unspecified atom stereocenters. The van der Waals surface area contributed by atoms with Gasteiger partial charge in [0.1, 0.15) is 5.54 Å². The van der Waals surface area contributed by atoms with Crippen LogP contribution in [0.3, 0.4) is 0 Å². The predicted octanol–water partition coefficient (Wildman–Crippen LogP) is -0.140. The number of piperazine rings is 1. The van der Waals surface area contributed by atoms with Crippen molar-refractivity contribution < 1.29 is 9.53 Å². The maximum absolute atomic E-state index is 11.9. The zero-order chi connectivity index (χ0) is 12.5. The number of hydrogen-bond acceptors (Lipinski definition) is 4. The van der Waals surface area contributed by atoms with Crippen molar-refractivity contribution in [2.24, 2.45) is 0 Å². The predicted molar refractivity (Wildman–Crippen MR) is 68.8 cm³/mol. The average molecular weight is 257 g/mol. The van der Waals surface area contributed by atoms with Gasteiger partial charge in [-0.15, -0.1) is 0 Å². The van der Waals surface area contributed by atoms with Crippen LogP contribution in [0, 0.1) is 0 Å². The lowest BCUT2D eigenvalue weighted by Gasteiger charge is -2.40. The highest BCUT2D eigenvalue weighted by atomic mass is 32.1. The second kappa shape index (κ2) is 4.78. The van der Waals surface area contributed by atoms with Crippen LogP contribution in [0.25, 0.3) is 0 Å². The molecule has 2 fully saturated rings. The van der Waals surface area contributed by atoms with Crippen molar-refractivity contribution in [3.05, 3.63) is 0 Å². The first kappa shape index (κ1) is 12.6.